The van der Waals surface area contributed by atoms with E-state index in [9.17, 15) is 19.5 Å². The Kier molecular flexibility index (Phi) is 7.62. The maximum Gasteiger partial charge on any atom is 0.338 e. The van der Waals surface area contributed by atoms with Crippen molar-refractivity contribution < 1.29 is 38.4 Å². The average molecular weight is 449 g/mol. The number of halogens is 1. The highest BCUT2D eigenvalue weighted by Gasteiger charge is 2.49. The molecule has 3 rings (SSSR count). The summed E-state index contributed by atoms with van der Waals surface area (Å²) in [6.45, 7) is 0.930. The summed E-state index contributed by atoms with van der Waals surface area (Å²) < 4.78 is 21.2. The number of esters is 3. The summed E-state index contributed by atoms with van der Waals surface area (Å²) in [6, 6.07) is 16.2. The third-order valence-electron chi connectivity index (χ3n) is 4.54. The quantitative estimate of drug-likeness (QED) is 0.407. The molecule has 1 heterocycles. The minimum atomic E-state index is -1.67. The monoisotopic (exact) mass is 448 g/mol. The van der Waals surface area contributed by atoms with Crippen LogP contribution >= 0.6 is 11.6 Å². The predicted molar refractivity (Wildman–Crippen MR) is 108 cm³/mol. The van der Waals surface area contributed by atoms with Crippen molar-refractivity contribution in [3.05, 3.63) is 71.8 Å². The largest absolute Gasteiger partial charge is 0.463 e. The van der Waals surface area contributed by atoms with Gasteiger partial charge in [0, 0.05) is 6.92 Å². The van der Waals surface area contributed by atoms with Crippen LogP contribution in [0.2, 0.25) is 0 Å². The first-order valence-corrected chi connectivity index (χ1v) is 9.93. The smallest absolute Gasteiger partial charge is 0.338 e. The summed E-state index contributed by atoms with van der Waals surface area (Å²) in [4.78, 5) is 36.3. The van der Waals surface area contributed by atoms with Gasteiger partial charge in [-0.05, 0) is 24.3 Å². The van der Waals surface area contributed by atoms with Gasteiger partial charge in [0.2, 0.25) is 0 Å². The van der Waals surface area contributed by atoms with Crippen molar-refractivity contribution in [2.24, 2.45) is 0 Å². The van der Waals surface area contributed by atoms with Crippen LogP contribution in [0.5, 0.6) is 0 Å². The third-order valence-corrected chi connectivity index (χ3v) is 5.07. The van der Waals surface area contributed by atoms with E-state index in [1.807, 2.05) is 0 Å². The topological polar surface area (TPSA) is 108 Å². The van der Waals surface area contributed by atoms with Gasteiger partial charge in [-0.3, -0.25) is 4.79 Å². The molecule has 0 aromatic heterocycles. The van der Waals surface area contributed by atoms with Crippen molar-refractivity contribution in [1.29, 1.82) is 0 Å². The van der Waals surface area contributed by atoms with E-state index < -0.39 is 47.9 Å². The fourth-order valence-electron chi connectivity index (χ4n) is 3.01. The molecule has 0 amide bonds. The molecule has 0 saturated carbocycles. The lowest BCUT2D eigenvalue weighted by Gasteiger charge is -2.41. The van der Waals surface area contributed by atoms with Crippen LogP contribution in [0.1, 0.15) is 27.6 Å². The van der Waals surface area contributed by atoms with Gasteiger partial charge in [0.05, 0.1) is 11.1 Å². The molecule has 5 atom stereocenters. The summed E-state index contributed by atoms with van der Waals surface area (Å²) in [5.41, 5.74) is 0.480. The lowest BCUT2D eigenvalue weighted by molar-refractivity contribution is -0.250. The summed E-state index contributed by atoms with van der Waals surface area (Å²) in [7, 11) is 0. The molecule has 1 N–H and O–H groups in total. The fourth-order valence-corrected chi connectivity index (χ4v) is 3.33. The molecular formula is C22H21ClO8. The number of carbonyl (C=O) groups is 3. The van der Waals surface area contributed by atoms with E-state index in [1.54, 1.807) is 48.5 Å². The number of aliphatic hydroxyl groups excluding tert-OH is 1. The average Bonchev–Trinajstić information content (AvgIpc) is 2.78. The Morgan fingerprint density at radius 2 is 1.39 bits per heavy atom. The number of carbonyl (C=O) groups excluding carboxylic acids is 3. The van der Waals surface area contributed by atoms with Gasteiger partial charge in [0.1, 0.15) is 18.1 Å². The summed E-state index contributed by atoms with van der Waals surface area (Å²) in [5, 5.41) is 9.40. The van der Waals surface area contributed by atoms with Crippen molar-refractivity contribution in [1.82, 2.24) is 0 Å². The molecule has 9 heteroatoms. The SMILES string of the molecule is CC(=O)OC[C@H]1OC(O)[C@H](OC(=O)c2ccccc2)[C@@H](OC(=O)c2ccccc2)[C@H]1Cl. The Morgan fingerprint density at radius 3 is 1.87 bits per heavy atom. The van der Waals surface area contributed by atoms with Crippen LogP contribution in [0.15, 0.2) is 60.7 Å². The van der Waals surface area contributed by atoms with Gasteiger partial charge >= 0.3 is 17.9 Å². The fraction of sp³-hybridized carbons (Fsp3) is 0.318. The second kappa shape index (κ2) is 10.4. The molecule has 1 aliphatic heterocycles. The van der Waals surface area contributed by atoms with Crippen LogP contribution in [0.25, 0.3) is 0 Å². The van der Waals surface area contributed by atoms with Crippen molar-refractivity contribution >= 4 is 29.5 Å². The number of benzene rings is 2. The second-order valence-corrected chi connectivity index (χ2v) is 7.29. The molecule has 0 radical (unpaired) electrons. The minimum Gasteiger partial charge on any atom is -0.463 e. The maximum absolute atomic E-state index is 12.6. The summed E-state index contributed by atoms with van der Waals surface area (Å²) in [6.07, 6.45) is -5.35. The maximum atomic E-state index is 12.6. The number of rotatable bonds is 6. The van der Waals surface area contributed by atoms with Crippen LogP contribution in [0.3, 0.4) is 0 Å². The normalized spacial score (nSPS) is 25.3. The van der Waals surface area contributed by atoms with Crippen molar-refractivity contribution in [3.8, 4) is 0 Å². The number of hydrogen-bond donors (Lipinski definition) is 1. The van der Waals surface area contributed by atoms with Gasteiger partial charge in [-0.2, -0.15) is 0 Å². The van der Waals surface area contributed by atoms with E-state index >= 15 is 0 Å². The molecule has 1 unspecified atom stereocenters. The van der Waals surface area contributed by atoms with Crippen LogP contribution in [0.4, 0.5) is 0 Å². The molecule has 164 valence electrons. The molecule has 0 bridgehead atoms. The molecule has 31 heavy (non-hydrogen) atoms. The third kappa shape index (κ3) is 5.81. The van der Waals surface area contributed by atoms with E-state index in [-0.39, 0.29) is 17.7 Å². The zero-order valence-electron chi connectivity index (χ0n) is 16.6. The molecule has 2 aromatic rings. The Hall–Kier alpha value is -2.94. The lowest BCUT2D eigenvalue weighted by Crippen LogP contribution is -2.59. The Bertz CT molecular complexity index is 904. The number of ether oxygens (including phenoxy) is 4. The molecule has 1 aliphatic rings. The van der Waals surface area contributed by atoms with Crippen LogP contribution in [-0.4, -0.2) is 59.6 Å². The first-order chi connectivity index (χ1) is 14.9. The molecule has 2 aromatic carbocycles. The number of aliphatic hydroxyl groups is 1. The van der Waals surface area contributed by atoms with Crippen LogP contribution < -0.4 is 0 Å². The predicted octanol–water partition coefficient (Wildman–Crippen LogP) is 2.33. The molecular weight excluding hydrogens is 428 g/mol. The first-order valence-electron chi connectivity index (χ1n) is 9.50. The van der Waals surface area contributed by atoms with Gasteiger partial charge in [-0.25, -0.2) is 9.59 Å². The molecule has 1 saturated heterocycles. The highest BCUT2D eigenvalue weighted by Crippen LogP contribution is 2.30. The number of alkyl halides is 1. The Balaban J connectivity index is 1.82. The molecule has 0 spiro atoms. The van der Waals surface area contributed by atoms with Crippen molar-refractivity contribution in [3.63, 3.8) is 0 Å². The van der Waals surface area contributed by atoms with Gasteiger partial charge in [0.15, 0.2) is 18.5 Å². The number of hydrogen-bond acceptors (Lipinski definition) is 8. The lowest BCUT2D eigenvalue weighted by atomic mass is 10.0. The van der Waals surface area contributed by atoms with E-state index in [4.69, 9.17) is 30.5 Å². The van der Waals surface area contributed by atoms with E-state index in [2.05, 4.69) is 0 Å². The zero-order valence-corrected chi connectivity index (χ0v) is 17.3. The minimum absolute atomic E-state index is 0.232. The van der Waals surface area contributed by atoms with Gasteiger partial charge < -0.3 is 24.1 Å². The molecule has 1 fully saturated rings. The Labute approximate surface area is 183 Å². The summed E-state index contributed by atoms with van der Waals surface area (Å²) in [5.74, 6) is -2.05. The van der Waals surface area contributed by atoms with Gasteiger partial charge in [-0.1, -0.05) is 36.4 Å². The zero-order chi connectivity index (χ0) is 22.4. The first kappa shape index (κ1) is 22.7. The van der Waals surface area contributed by atoms with Gasteiger partial charge in [0.25, 0.3) is 0 Å². The van der Waals surface area contributed by atoms with Gasteiger partial charge in [-0.15, -0.1) is 11.6 Å². The van der Waals surface area contributed by atoms with Crippen LogP contribution in [-0.2, 0) is 23.7 Å². The van der Waals surface area contributed by atoms with E-state index in [0.717, 1.165) is 0 Å². The summed E-state index contributed by atoms with van der Waals surface area (Å²) >= 11 is 6.46. The van der Waals surface area contributed by atoms with E-state index in [1.165, 1.54) is 19.1 Å². The Morgan fingerprint density at radius 1 is 0.903 bits per heavy atom. The molecule has 0 aliphatic carbocycles. The van der Waals surface area contributed by atoms with Crippen molar-refractivity contribution in [2.45, 2.75) is 36.9 Å². The second-order valence-electron chi connectivity index (χ2n) is 6.78. The molecule has 8 nitrogen and oxygen atoms in total. The van der Waals surface area contributed by atoms with E-state index in [0.29, 0.717) is 0 Å². The highest BCUT2D eigenvalue weighted by molar-refractivity contribution is 6.21. The highest BCUT2D eigenvalue weighted by atomic mass is 35.5. The van der Waals surface area contributed by atoms with Crippen molar-refractivity contribution in [2.75, 3.05) is 6.61 Å². The standard InChI is InChI=1S/C22H21ClO8/c1-13(24)28-12-16-17(23)18(30-20(25)14-8-4-2-5-9-14)19(22(27)29-16)31-21(26)15-10-6-3-7-11-15/h2-11,16-19,22,27H,12H2,1H3/t16-,17+,18+,19-,22?/m1/s1. The van der Waals surface area contributed by atoms with Crippen LogP contribution in [0, 0.1) is 0 Å².